The van der Waals surface area contributed by atoms with Crippen molar-refractivity contribution in [2.24, 2.45) is 0 Å². The van der Waals surface area contributed by atoms with E-state index in [1.165, 1.54) is 12.1 Å². The van der Waals surface area contributed by atoms with E-state index in [9.17, 15) is 10.1 Å². The van der Waals surface area contributed by atoms with Gasteiger partial charge in [-0.3, -0.25) is 10.1 Å². The third-order valence-corrected chi connectivity index (χ3v) is 4.17. The molecule has 3 rings (SSSR count). The van der Waals surface area contributed by atoms with Crippen LogP contribution in [0.5, 0.6) is 11.5 Å². The number of nitro groups is 1. The largest absolute Gasteiger partial charge is 0.450 e. The molecule has 1 heterocycles. The summed E-state index contributed by atoms with van der Waals surface area (Å²) in [6, 6.07) is 15.3. The lowest BCUT2D eigenvalue weighted by Gasteiger charge is -2.08. The summed E-state index contributed by atoms with van der Waals surface area (Å²) < 4.78 is 5.62. The van der Waals surface area contributed by atoms with Gasteiger partial charge in [-0.1, -0.05) is 41.4 Å². The lowest BCUT2D eigenvalue weighted by Crippen LogP contribution is -2.12. The number of hydrogen-bond donors (Lipinski definition) is 1. The van der Waals surface area contributed by atoms with E-state index in [1.807, 2.05) is 18.2 Å². The van der Waals surface area contributed by atoms with Crippen LogP contribution in [0.15, 0.2) is 60.8 Å². The van der Waals surface area contributed by atoms with Crippen LogP contribution in [0.4, 0.5) is 5.69 Å². The van der Waals surface area contributed by atoms with Gasteiger partial charge >= 0.3 is 5.69 Å². The van der Waals surface area contributed by atoms with Crippen LogP contribution in [-0.2, 0) is 13.1 Å². The Morgan fingerprint density at radius 3 is 2.37 bits per heavy atom. The molecule has 8 heteroatoms. The summed E-state index contributed by atoms with van der Waals surface area (Å²) in [5.41, 5.74) is 1.91. The highest BCUT2D eigenvalue weighted by Gasteiger charge is 2.16. The third kappa shape index (κ3) is 5.40. The first kappa shape index (κ1) is 19.1. The van der Waals surface area contributed by atoms with Gasteiger partial charge < -0.3 is 10.1 Å². The molecule has 0 aliphatic heterocycles. The number of benzene rings is 2. The van der Waals surface area contributed by atoms with Gasteiger partial charge in [-0.2, -0.15) is 0 Å². The molecule has 0 aliphatic carbocycles. The number of nitro benzene ring substituents is 1. The Labute approximate surface area is 165 Å². The second-order valence-electron chi connectivity index (χ2n) is 5.71. The number of nitrogens with one attached hydrogen (secondary N) is 1. The summed E-state index contributed by atoms with van der Waals surface area (Å²) in [6.07, 6.45) is 1.73. The van der Waals surface area contributed by atoms with E-state index in [1.54, 1.807) is 30.5 Å². The van der Waals surface area contributed by atoms with Crippen molar-refractivity contribution in [3.8, 4) is 11.5 Å². The Morgan fingerprint density at radius 2 is 1.70 bits per heavy atom. The molecule has 1 aromatic heterocycles. The maximum Gasteiger partial charge on any atom is 0.313 e. The van der Waals surface area contributed by atoms with E-state index in [0.29, 0.717) is 24.0 Å². The van der Waals surface area contributed by atoms with Crippen molar-refractivity contribution in [3.63, 3.8) is 0 Å². The molecule has 0 radical (unpaired) electrons. The Hall–Kier alpha value is -2.67. The summed E-state index contributed by atoms with van der Waals surface area (Å²) in [5.74, 6) is 0.650. The van der Waals surface area contributed by atoms with Gasteiger partial charge in [-0.15, -0.1) is 0 Å². The smallest absolute Gasteiger partial charge is 0.313 e. The number of nitrogens with zero attached hydrogens (tertiary/aromatic N) is 2. The Bertz CT molecular complexity index is 932. The maximum absolute atomic E-state index is 11.1. The van der Waals surface area contributed by atoms with Crippen molar-refractivity contribution in [2.75, 3.05) is 0 Å². The van der Waals surface area contributed by atoms with Crippen molar-refractivity contribution >= 4 is 28.9 Å². The number of aromatic nitrogens is 1. The Morgan fingerprint density at radius 1 is 1.00 bits per heavy atom. The van der Waals surface area contributed by atoms with E-state index < -0.39 is 4.92 Å². The van der Waals surface area contributed by atoms with Crippen LogP contribution in [0, 0.1) is 10.1 Å². The SMILES string of the molecule is O=[N+]([O-])c1cc(Cl)ccc1Oc1ccc(CNCc2ccc(Cl)nc2)cc1. The molecule has 0 atom stereocenters. The van der Waals surface area contributed by atoms with Crippen LogP contribution >= 0.6 is 23.2 Å². The number of hydrogen-bond acceptors (Lipinski definition) is 5. The molecule has 0 spiro atoms. The van der Waals surface area contributed by atoms with Crippen molar-refractivity contribution in [3.05, 3.63) is 92.2 Å². The molecular formula is C19H15Cl2N3O3. The summed E-state index contributed by atoms with van der Waals surface area (Å²) in [5, 5.41) is 15.2. The summed E-state index contributed by atoms with van der Waals surface area (Å²) in [6.45, 7) is 1.32. The molecule has 6 nitrogen and oxygen atoms in total. The summed E-state index contributed by atoms with van der Waals surface area (Å²) in [7, 11) is 0. The quantitative estimate of drug-likeness (QED) is 0.325. The minimum Gasteiger partial charge on any atom is -0.450 e. The number of pyridine rings is 1. The van der Waals surface area contributed by atoms with Crippen molar-refractivity contribution in [1.82, 2.24) is 10.3 Å². The van der Waals surface area contributed by atoms with Gasteiger partial charge in [0, 0.05) is 30.4 Å². The molecule has 1 N–H and O–H groups in total. The monoisotopic (exact) mass is 403 g/mol. The predicted octanol–water partition coefficient (Wildman–Crippen LogP) is 5.38. The fraction of sp³-hybridized carbons (Fsp3) is 0.105. The zero-order valence-electron chi connectivity index (χ0n) is 14.1. The highest BCUT2D eigenvalue weighted by molar-refractivity contribution is 6.30. The average molecular weight is 404 g/mol. The molecule has 0 unspecified atom stereocenters. The minimum absolute atomic E-state index is 0.144. The molecular weight excluding hydrogens is 389 g/mol. The minimum atomic E-state index is -0.523. The maximum atomic E-state index is 11.1. The Balaban J connectivity index is 1.59. The highest BCUT2D eigenvalue weighted by Crippen LogP contribution is 2.33. The topological polar surface area (TPSA) is 77.3 Å². The first-order valence-electron chi connectivity index (χ1n) is 8.03. The lowest BCUT2D eigenvalue weighted by atomic mass is 10.2. The van der Waals surface area contributed by atoms with Gasteiger partial charge in [-0.05, 0) is 41.5 Å². The van der Waals surface area contributed by atoms with Crippen LogP contribution in [0.2, 0.25) is 10.2 Å². The van der Waals surface area contributed by atoms with Gasteiger partial charge in [0.25, 0.3) is 0 Å². The zero-order valence-corrected chi connectivity index (χ0v) is 15.6. The molecule has 0 fully saturated rings. The van der Waals surface area contributed by atoms with Crippen molar-refractivity contribution < 1.29 is 9.66 Å². The normalized spacial score (nSPS) is 10.6. The number of ether oxygens (including phenoxy) is 1. The van der Waals surface area contributed by atoms with Gasteiger partial charge in [0.2, 0.25) is 5.75 Å². The molecule has 0 aliphatic rings. The first-order chi connectivity index (χ1) is 13.0. The van der Waals surface area contributed by atoms with Crippen LogP contribution in [0.1, 0.15) is 11.1 Å². The number of rotatable bonds is 7. The van der Waals surface area contributed by atoms with E-state index in [4.69, 9.17) is 27.9 Å². The zero-order chi connectivity index (χ0) is 19.2. The second kappa shape index (κ2) is 8.81. The van der Waals surface area contributed by atoms with E-state index in [2.05, 4.69) is 10.3 Å². The van der Waals surface area contributed by atoms with E-state index in [-0.39, 0.29) is 16.5 Å². The van der Waals surface area contributed by atoms with Gasteiger partial charge in [0.1, 0.15) is 10.9 Å². The summed E-state index contributed by atoms with van der Waals surface area (Å²) in [4.78, 5) is 14.6. The third-order valence-electron chi connectivity index (χ3n) is 3.72. The van der Waals surface area contributed by atoms with Gasteiger partial charge in [-0.25, -0.2) is 4.98 Å². The van der Waals surface area contributed by atoms with E-state index >= 15 is 0 Å². The van der Waals surface area contributed by atoms with Crippen molar-refractivity contribution in [1.29, 1.82) is 0 Å². The average Bonchev–Trinajstić information content (AvgIpc) is 2.66. The van der Waals surface area contributed by atoms with Crippen LogP contribution in [0.25, 0.3) is 0 Å². The standard InChI is InChI=1S/C19H15Cl2N3O3/c20-15-4-7-18(17(9-15)24(25)26)27-16-5-1-13(2-6-16)10-22-11-14-3-8-19(21)23-12-14/h1-9,12,22H,10-11H2. The molecule has 3 aromatic rings. The van der Waals surface area contributed by atoms with Gasteiger partial charge in [0.05, 0.1) is 4.92 Å². The molecule has 0 amide bonds. The lowest BCUT2D eigenvalue weighted by molar-refractivity contribution is -0.385. The molecule has 0 saturated heterocycles. The number of halogens is 2. The predicted molar refractivity (Wildman–Crippen MR) is 104 cm³/mol. The molecule has 0 saturated carbocycles. The van der Waals surface area contributed by atoms with Crippen LogP contribution in [0.3, 0.4) is 0 Å². The fourth-order valence-corrected chi connectivity index (χ4v) is 2.66. The fourth-order valence-electron chi connectivity index (χ4n) is 2.38. The highest BCUT2D eigenvalue weighted by atomic mass is 35.5. The van der Waals surface area contributed by atoms with Crippen LogP contribution < -0.4 is 10.1 Å². The van der Waals surface area contributed by atoms with Crippen molar-refractivity contribution in [2.45, 2.75) is 13.1 Å². The van der Waals surface area contributed by atoms with Crippen LogP contribution in [-0.4, -0.2) is 9.91 Å². The Kier molecular flexibility index (Phi) is 6.24. The summed E-state index contributed by atoms with van der Waals surface area (Å²) >= 11 is 11.6. The second-order valence-corrected chi connectivity index (χ2v) is 6.53. The molecule has 0 bridgehead atoms. The first-order valence-corrected chi connectivity index (χ1v) is 8.79. The van der Waals surface area contributed by atoms with Gasteiger partial charge in [0.15, 0.2) is 0 Å². The molecule has 2 aromatic carbocycles. The van der Waals surface area contributed by atoms with E-state index in [0.717, 1.165) is 11.1 Å². The molecule has 138 valence electrons. The molecule has 27 heavy (non-hydrogen) atoms.